The van der Waals surface area contributed by atoms with Crippen molar-refractivity contribution in [2.45, 2.75) is 0 Å². The van der Waals surface area contributed by atoms with Crippen LogP contribution in [0.5, 0.6) is 0 Å². The maximum Gasteiger partial charge on any atom is 0.255 e. The number of hydrogen-bond donors (Lipinski definition) is 1. The first-order valence-corrected chi connectivity index (χ1v) is 6.92. The van der Waals surface area contributed by atoms with Gasteiger partial charge in [-0.05, 0) is 46.8 Å². The lowest BCUT2D eigenvalue weighted by Gasteiger charge is -2.07. The van der Waals surface area contributed by atoms with Crippen molar-refractivity contribution in [1.82, 2.24) is 20.2 Å². The SMILES string of the molecule is O=C(Nc1cccc(-n2cnnn2)c1)c1cccc(Br)c1. The summed E-state index contributed by atoms with van der Waals surface area (Å²) >= 11 is 3.35. The van der Waals surface area contributed by atoms with E-state index in [0.717, 1.165) is 10.2 Å². The second kappa shape index (κ2) is 5.84. The topological polar surface area (TPSA) is 72.7 Å². The lowest BCUT2D eigenvalue weighted by atomic mass is 10.2. The van der Waals surface area contributed by atoms with Crippen molar-refractivity contribution in [3.63, 3.8) is 0 Å². The van der Waals surface area contributed by atoms with Gasteiger partial charge in [0.2, 0.25) is 0 Å². The van der Waals surface area contributed by atoms with Gasteiger partial charge in [-0.1, -0.05) is 28.1 Å². The summed E-state index contributed by atoms with van der Waals surface area (Å²) in [6.45, 7) is 0. The molecule has 0 fully saturated rings. The van der Waals surface area contributed by atoms with E-state index < -0.39 is 0 Å². The smallest absolute Gasteiger partial charge is 0.255 e. The standard InChI is InChI=1S/C14H10BrN5O/c15-11-4-1-3-10(7-11)14(21)17-12-5-2-6-13(8-12)20-9-16-18-19-20/h1-9H,(H,17,21). The highest BCUT2D eigenvalue weighted by Gasteiger charge is 2.07. The summed E-state index contributed by atoms with van der Waals surface area (Å²) in [7, 11) is 0. The van der Waals surface area contributed by atoms with Gasteiger partial charge in [-0.25, -0.2) is 4.68 Å². The summed E-state index contributed by atoms with van der Waals surface area (Å²) < 4.78 is 2.38. The molecule has 3 rings (SSSR count). The first-order chi connectivity index (χ1) is 10.2. The molecule has 2 aromatic carbocycles. The van der Waals surface area contributed by atoms with Crippen LogP contribution in [0.2, 0.25) is 0 Å². The summed E-state index contributed by atoms with van der Waals surface area (Å²) in [4.78, 5) is 12.2. The number of rotatable bonds is 3. The van der Waals surface area contributed by atoms with Crippen molar-refractivity contribution >= 4 is 27.5 Å². The van der Waals surface area contributed by atoms with Crippen LogP contribution in [-0.2, 0) is 0 Å². The van der Waals surface area contributed by atoms with E-state index in [4.69, 9.17) is 0 Å². The Kier molecular flexibility index (Phi) is 3.74. The molecule has 1 N–H and O–H groups in total. The van der Waals surface area contributed by atoms with E-state index in [2.05, 4.69) is 36.8 Å². The van der Waals surface area contributed by atoms with Gasteiger partial charge in [-0.2, -0.15) is 0 Å². The van der Waals surface area contributed by atoms with E-state index in [9.17, 15) is 4.79 Å². The third-order valence-corrected chi connectivity index (χ3v) is 3.30. The summed E-state index contributed by atoms with van der Waals surface area (Å²) in [5.41, 5.74) is 2.03. The van der Waals surface area contributed by atoms with Gasteiger partial charge in [0.15, 0.2) is 0 Å². The lowest BCUT2D eigenvalue weighted by Crippen LogP contribution is -2.12. The highest BCUT2D eigenvalue weighted by atomic mass is 79.9. The van der Waals surface area contributed by atoms with Crippen molar-refractivity contribution in [3.8, 4) is 5.69 Å². The quantitative estimate of drug-likeness (QED) is 0.793. The predicted octanol–water partition coefficient (Wildman–Crippen LogP) is 2.68. The monoisotopic (exact) mass is 343 g/mol. The molecule has 0 radical (unpaired) electrons. The number of aromatic nitrogens is 4. The summed E-state index contributed by atoms with van der Waals surface area (Å²) in [6, 6.07) is 14.5. The molecule has 0 spiro atoms. The number of halogens is 1. The van der Waals surface area contributed by atoms with E-state index >= 15 is 0 Å². The molecule has 0 aliphatic rings. The average molecular weight is 344 g/mol. The van der Waals surface area contributed by atoms with Crippen molar-refractivity contribution in [2.75, 3.05) is 5.32 Å². The molecule has 0 aliphatic heterocycles. The van der Waals surface area contributed by atoms with E-state index in [0.29, 0.717) is 11.3 Å². The lowest BCUT2D eigenvalue weighted by molar-refractivity contribution is 0.102. The number of nitrogens with one attached hydrogen (secondary N) is 1. The van der Waals surface area contributed by atoms with Crippen LogP contribution in [0.15, 0.2) is 59.3 Å². The number of benzene rings is 2. The first kappa shape index (κ1) is 13.4. The minimum Gasteiger partial charge on any atom is -0.322 e. The molecule has 7 heteroatoms. The van der Waals surface area contributed by atoms with Crippen molar-refractivity contribution in [2.24, 2.45) is 0 Å². The highest BCUT2D eigenvalue weighted by molar-refractivity contribution is 9.10. The molecule has 0 atom stereocenters. The number of amides is 1. The Hall–Kier alpha value is -2.54. The minimum atomic E-state index is -0.176. The van der Waals surface area contributed by atoms with Gasteiger partial charge >= 0.3 is 0 Å². The number of hydrogen-bond acceptors (Lipinski definition) is 4. The Labute approximate surface area is 128 Å². The van der Waals surface area contributed by atoms with E-state index in [1.165, 1.54) is 11.0 Å². The summed E-state index contributed by atoms with van der Waals surface area (Å²) in [5.74, 6) is -0.176. The van der Waals surface area contributed by atoms with Crippen LogP contribution >= 0.6 is 15.9 Å². The molecular formula is C14H10BrN5O. The van der Waals surface area contributed by atoms with Crippen molar-refractivity contribution in [3.05, 3.63) is 64.9 Å². The Bertz CT molecular complexity index is 773. The maximum absolute atomic E-state index is 12.2. The van der Waals surface area contributed by atoms with Crippen LogP contribution in [0.25, 0.3) is 5.69 Å². The molecule has 3 aromatic rings. The molecule has 0 aliphatic carbocycles. The molecule has 21 heavy (non-hydrogen) atoms. The molecule has 1 heterocycles. The van der Waals surface area contributed by atoms with E-state index in [-0.39, 0.29) is 5.91 Å². The summed E-state index contributed by atoms with van der Waals surface area (Å²) in [5, 5.41) is 13.8. The molecule has 1 aromatic heterocycles. The van der Waals surface area contributed by atoms with Crippen LogP contribution in [0, 0.1) is 0 Å². The molecule has 0 saturated heterocycles. The molecule has 6 nitrogen and oxygen atoms in total. The fraction of sp³-hybridized carbons (Fsp3) is 0. The van der Waals surface area contributed by atoms with E-state index in [1.54, 1.807) is 18.2 Å². The maximum atomic E-state index is 12.2. The zero-order chi connectivity index (χ0) is 14.7. The third-order valence-electron chi connectivity index (χ3n) is 2.80. The number of nitrogens with zero attached hydrogens (tertiary/aromatic N) is 4. The van der Waals surface area contributed by atoms with Crippen LogP contribution in [0.3, 0.4) is 0 Å². The van der Waals surface area contributed by atoms with Crippen LogP contribution < -0.4 is 5.32 Å². The highest BCUT2D eigenvalue weighted by Crippen LogP contribution is 2.16. The van der Waals surface area contributed by atoms with Gasteiger partial charge < -0.3 is 5.32 Å². The van der Waals surface area contributed by atoms with Crippen LogP contribution in [0.1, 0.15) is 10.4 Å². The Morgan fingerprint density at radius 2 is 2.00 bits per heavy atom. The van der Waals surface area contributed by atoms with Crippen LogP contribution in [-0.4, -0.2) is 26.1 Å². The van der Waals surface area contributed by atoms with Gasteiger partial charge in [0.05, 0.1) is 5.69 Å². The Morgan fingerprint density at radius 1 is 1.14 bits per heavy atom. The predicted molar refractivity (Wildman–Crippen MR) is 81.2 cm³/mol. The molecule has 0 unspecified atom stereocenters. The van der Waals surface area contributed by atoms with Gasteiger partial charge in [0.25, 0.3) is 5.91 Å². The van der Waals surface area contributed by atoms with Crippen molar-refractivity contribution < 1.29 is 4.79 Å². The fourth-order valence-corrected chi connectivity index (χ4v) is 2.24. The normalized spacial score (nSPS) is 10.3. The molecule has 0 saturated carbocycles. The summed E-state index contributed by atoms with van der Waals surface area (Å²) in [6.07, 6.45) is 1.50. The zero-order valence-corrected chi connectivity index (χ0v) is 12.4. The Morgan fingerprint density at radius 3 is 2.76 bits per heavy atom. The largest absolute Gasteiger partial charge is 0.322 e. The number of tetrazole rings is 1. The van der Waals surface area contributed by atoms with Gasteiger partial charge in [0, 0.05) is 15.7 Å². The van der Waals surface area contributed by atoms with E-state index in [1.807, 2.05) is 30.3 Å². The molecule has 0 bridgehead atoms. The number of carbonyl (C=O) groups is 1. The molecule has 104 valence electrons. The average Bonchev–Trinajstić information content (AvgIpc) is 3.02. The first-order valence-electron chi connectivity index (χ1n) is 6.13. The number of carbonyl (C=O) groups excluding carboxylic acids is 1. The van der Waals surface area contributed by atoms with Gasteiger partial charge in [-0.15, -0.1) is 5.10 Å². The van der Waals surface area contributed by atoms with Crippen molar-refractivity contribution in [1.29, 1.82) is 0 Å². The fourth-order valence-electron chi connectivity index (χ4n) is 1.84. The molecule has 1 amide bonds. The van der Waals surface area contributed by atoms with Crippen LogP contribution in [0.4, 0.5) is 5.69 Å². The zero-order valence-electron chi connectivity index (χ0n) is 10.8. The third kappa shape index (κ3) is 3.14. The second-order valence-corrected chi connectivity index (χ2v) is 5.18. The second-order valence-electron chi connectivity index (χ2n) is 4.27. The minimum absolute atomic E-state index is 0.176. The molecular weight excluding hydrogens is 334 g/mol. The Balaban J connectivity index is 1.82. The number of anilines is 1. The van der Waals surface area contributed by atoms with Gasteiger partial charge in [0.1, 0.15) is 6.33 Å². The van der Waals surface area contributed by atoms with Gasteiger partial charge in [-0.3, -0.25) is 4.79 Å².